The summed E-state index contributed by atoms with van der Waals surface area (Å²) in [5.74, 6) is -0.0456. The minimum atomic E-state index is -0.931. The number of unbranched alkanes of at least 4 members (excludes halogenated alkanes) is 3. The van der Waals surface area contributed by atoms with Gasteiger partial charge in [0.2, 0.25) is 5.91 Å². The smallest absolute Gasteiger partial charge is 0.316 e. The summed E-state index contributed by atoms with van der Waals surface area (Å²) >= 11 is 0. The Morgan fingerprint density at radius 3 is 2.65 bits per heavy atom. The van der Waals surface area contributed by atoms with Crippen molar-refractivity contribution in [2.24, 2.45) is 35.5 Å². The van der Waals surface area contributed by atoms with Gasteiger partial charge in [-0.3, -0.25) is 9.59 Å². The van der Waals surface area contributed by atoms with E-state index in [1.807, 2.05) is 0 Å². The van der Waals surface area contributed by atoms with Crippen molar-refractivity contribution in [2.45, 2.75) is 76.9 Å². The van der Waals surface area contributed by atoms with Crippen LogP contribution >= 0.6 is 0 Å². The topological polar surface area (TPSA) is 75.6 Å². The maximum Gasteiger partial charge on any atom is 0.316 e. The van der Waals surface area contributed by atoms with E-state index in [9.17, 15) is 14.7 Å². The summed E-state index contributed by atoms with van der Waals surface area (Å²) < 4.78 is 6.34. The van der Waals surface area contributed by atoms with Crippen LogP contribution in [0.2, 0.25) is 0 Å². The van der Waals surface area contributed by atoms with E-state index in [2.05, 4.69) is 12.2 Å². The second-order valence-corrected chi connectivity index (χ2v) is 8.97. The molecule has 1 amide bonds. The van der Waals surface area contributed by atoms with Crippen LogP contribution in [0.15, 0.2) is 0 Å². The van der Waals surface area contributed by atoms with Crippen LogP contribution in [0.3, 0.4) is 0 Å². The molecule has 8 unspecified atom stereocenters. The van der Waals surface area contributed by atoms with E-state index in [-0.39, 0.29) is 17.9 Å². The highest BCUT2D eigenvalue weighted by Crippen LogP contribution is 2.60. The number of hydrogen-bond donors (Lipinski definition) is 2. The van der Waals surface area contributed by atoms with Crippen LogP contribution < -0.4 is 5.32 Å². The average Bonchev–Trinajstić information content (AvgIpc) is 3.12. The SMILES string of the molecule is CCCCCCOC1CCC2C3C1CCCC3C1NC(=O)C(C(=O)O)C21. The third-order valence-corrected chi connectivity index (χ3v) is 7.76. The second kappa shape index (κ2) is 7.49. The predicted octanol–water partition coefficient (Wildman–Crippen LogP) is 3.22. The van der Waals surface area contributed by atoms with E-state index in [0.29, 0.717) is 29.8 Å². The van der Waals surface area contributed by atoms with E-state index in [1.165, 1.54) is 32.1 Å². The van der Waals surface area contributed by atoms with Crippen LogP contribution in [0, 0.1) is 35.5 Å². The Balaban J connectivity index is 1.46. The monoisotopic (exact) mass is 363 g/mol. The summed E-state index contributed by atoms with van der Waals surface area (Å²) in [6.45, 7) is 3.09. The van der Waals surface area contributed by atoms with E-state index in [1.54, 1.807) is 0 Å². The third kappa shape index (κ3) is 2.96. The molecular weight excluding hydrogens is 330 g/mol. The fraction of sp³-hybridized carbons (Fsp3) is 0.905. The van der Waals surface area contributed by atoms with Crippen LogP contribution in [-0.2, 0) is 14.3 Å². The summed E-state index contributed by atoms with van der Waals surface area (Å²) in [5, 5.41) is 12.7. The van der Waals surface area contributed by atoms with E-state index in [0.717, 1.165) is 32.3 Å². The summed E-state index contributed by atoms with van der Waals surface area (Å²) in [6.07, 6.45) is 10.9. The summed E-state index contributed by atoms with van der Waals surface area (Å²) in [7, 11) is 0. The van der Waals surface area contributed by atoms with Crippen molar-refractivity contribution < 1.29 is 19.4 Å². The Kier molecular flexibility index (Phi) is 5.27. The molecule has 0 radical (unpaired) electrons. The molecule has 0 spiro atoms. The molecule has 3 aliphatic carbocycles. The van der Waals surface area contributed by atoms with Crippen LogP contribution in [0.4, 0.5) is 0 Å². The van der Waals surface area contributed by atoms with Gasteiger partial charge in [-0.15, -0.1) is 0 Å². The Morgan fingerprint density at radius 2 is 1.88 bits per heavy atom. The van der Waals surface area contributed by atoms with Crippen LogP contribution in [-0.4, -0.2) is 35.7 Å². The molecule has 26 heavy (non-hydrogen) atoms. The number of carbonyl (C=O) groups excluding carboxylic acids is 1. The van der Waals surface area contributed by atoms with Gasteiger partial charge in [0.05, 0.1) is 6.10 Å². The van der Waals surface area contributed by atoms with Gasteiger partial charge in [0, 0.05) is 18.6 Å². The largest absolute Gasteiger partial charge is 0.481 e. The first-order valence-corrected chi connectivity index (χ1v) is 10.8. The molecule has 4 aliphatic rings. The molecule has 0 bridgehead atoms. The highest BCUT2D eigenvalue weighted by molar-refractivity contribution is 5.99. The molecule has 4 fully saturated rings. The van der Waals surface area contributed by atoms with Crippen molar-refractivity contribution in [3.8, 4) is 0 Å². The Hall–Kier alpha value is -1.10. The third-order valence-electron chi connectivity index (χ3n) is 7.76. The molecule has 2 N–H and O–H groups in total. The molecule has 3 saturated carbocycles. The van der Waals surface area contributed by atoms with Gasteiger partial charge in [-0.1, -0.05) is 32.6 Å². The summed E-state index contributed by atoms with van der Waals surface area (Å²) in [4.78, 5) is 24.0. The first-order valence-electron chi connectivity index (χ1n) is 10.8. The molecule has 8 atom stereocenters. The molecule has 4 rings (SSSR count). The molecule has 146 valence electrons. The van der Waals surface area contributed by atoms with Gasteiger partial charge in [0.25, 0.3) is 0 Å². The van der Waals surface area contributed by atoms with Crippen LogP contribution in [0.1, 0.15) is 64.7 Å². The Bertz CT molecular complexity index is 550. The number of nitrogens with one attached hydrogen (secondary N) is 1. The highest BCUT2D eigenvalue weighted by Gasteiger charge is 2.64. The van der Waals surface area contributed by atoms with Gasteiger partial charge in [-0.2, -0.15) is 0 Å². The number of carbonyl (C=O) groups is 2. The van der Waals surface area contributed by atoms with E-state index < -0.39 is 11.9 Å². The van der Waals surface area contributed by atoms with Crippen molar-refractivity contribution >= 4 is 11.9 Å². The van der Waals surface area contributed by atoms with Crippen LogP contribution in [0.5, 0.6) is 0 Å². The molecule has 0 aromatic carbocycles. The zero-order chi connectivity index (χ0) is 18.3. The highest BCUT2D eigenvalue weighted by atomic mass is 16.5. The quantitative estimate of drug-likeness (QED) is 0.538. The van der Waals surface area contributed by atoms with Gasteiger partial charge in [-0.25, -0.2) is 0 Å². The normalized spacial score (nSPS) is 43.7. The fourth-order valence-corrected chi connectivity index (χ4v) is 6.88. The molecule has 0 aromatic heterocycles. The predicted molar refractivity (Wildman–Crippen MR) is 97.5 cm³/mol. The number of carboxylic acids is 1. The molecule has 1 saturated heterocycles. The lowest BCUT2D eigenvalue weighted by molar-refractivity contribution is -0.148. The second-order valence-electron chi connectivity index (χ2n) is 8.97. The summed E-state index contributed by atoms with van der Waals surface area (Å²) in [5.41, 5.74) is 0. The fourth-order valence-electron chi connectivity index (χ4n) is 6.88. The lowest BCUT2D eigenvalue weighted by Gasteiger charge is -2.46. The first kappa shape index (κ1) is 18.3. The van der Waals surface area contributed by atoms with Crippen molar-refractivity contribution in [1.29, 1.82) is 0 Å². The zero-order valence-electron chi connectivity index (χ0n) is 15.9. The minimum absolute atomic E-state index is 0.00102. The number of fused-ring (bicyclic) bond motifs is 3. The average molecular weight is 363 g/mol. The number of carboxylic acid groups (broad SMARTS) is 1. The number of amides is 1. The van der Waals surface area contributed by atoms with Crippen molar-refractivity contribution in [3.05, 3.63) is 0 Å². The number of aliphatic carboxylic acids is 1. The molecule has 5 heteroatoms. The molecule has 1 heterocycles. The maximum atomic E-state index is 12.2. The standard InChI is InChI=1S/C21H33NO4/c1-2-3-4-5-11-26-15-10-9-13-16-12(15)7-6-8-14(16)19-17(13)18(21(24)25)20(23)22-19/h12-19H,2-11H2,1H3,(H,22,23)(H,24,25). The number of ether oxygens (including phenoxy) is 1. The minimum Gasteiger partial charge on any atom is -0.481 e. The molecular formula is C21H33NO4. The molecule has 0 aromatic rings. The molecule has 1 aliphatic heterocycles. The molecule has 5 nitrogen and oxygen atoms in total. The van der Waals surface area contributed by atoms with Crippen molar-refractivity contribution in [3.63, 3.8) is 0 Å². The van der Waals surface area contributed by atoms with E-state index in [4.69, 9.17) is 4.74 Å². The van der Waals surface area contributed by atoms with Gasteiger partial charge >= 0.3 is 5.97 Å². The zero-order valence-corrected chi connectivity index (χ0v) is 15.9. The van der Waals surface area contributed by atoms with Gasteiger partial charge in [-0.05, 0) is 55.8 Å². The van der Waals surface area contributed by atoms with Gasteiger partial charge in [0.15, 0.2) is 0 Å². The number of hydrogen-bond acceptors (Lipinski definition) is 3. The van der Waals surface area contributed by atoms with Crippen molar-refractivity contribution in [2.75, 3.05) is 6.61 Å². The number of rotatable bonds is 7. The Morgan fingerprint density at radius 1 is 1.08 bits per heavy atom. The Labute approximate surface area is 156 Å². The van der Waals surface area contributed by atoms with E-state index >= 15 is 0 Å². The summed E-state index contributed by atoms with van der Waals surface area (Å²) in [6, 6.07) is 0.0877. The first-order chi connectivity index (χ1) is 12.6. The van der Waals surface area contributed by atoms with Crippen molar-refractivity contribution in [1.82, 2.24) is 5.32 Å². The lowest BCUT2D eigenvalue weighted by Crippen LogP contribution is -2.46. The lowest BCUT2D eigenvalue weighted by atomic mass is 9.62. The van der Waals surface area contributed by atoms with Gasteiger partial charge < -0.3 is 15.2 Å². The van der Waals surface area contributed by atoms with Gasteiger partial charge in [0.1, 0.15) is 5.92 Å². The maximum absolute atomic E-state index is 12.2. The van der Waals surface area contributed by atoms with Crippen LogP contribution in [0.25, 0.3) is 0 Å².